The van der Waals surface area contributed by atoms with E-state index < -0.39 is 0 Å². The summed E-state index contributed by atoms with van der Waals surface area (Å²) in [6.45, 7) is 4.09. The van der Waals surface area contributed by atoms with Gasteiger partial charge in [0.1, 0.15) is 5.75 Å². The number of hydrogen-bond donors (Lipinski definition) is 1. The summed E-state index contributed by atoms with van der Waals surface area (Å²) in [7, 11) is 1.69. The Kier molecular flexibility index (Phi) is 5.90. The standard InChI is InChI=1S/C13H21NO2/c1-3-8-16-13-5-4-11(6-7-14)9-12(13)10-15-2/h4-5,9H,3,6-8,10,14H2,1-2H3. The van der Waals surface area contributed by atoms with Crippen LogP contribution in [0.15, 0.2) is 18.2 Å². The molecule has 0 atom stereocenters. The maximum atomic E-state index is 5.66. The smallest absolute Gasteiger partial charge is 0.124 e. The van der Waals surface area contributed by atoms with Gasteiger partial charge >= 0.3 is 0 Å². The SMILES string of the molecule is CCCOc1ccc(CCN)cc1COC. The molecule has 1 rings (SSSR count). The van der Waals surface area contributed by atoms with E-state index in [4.69, 9.17) is 15.2 Å². The van der Waals surface area contributed by atoms with Gasteiger partial charge in [0.15, 0.2) is 0 Å². The topological polar surface area (TPSA) is 44.5 Å². The first kappa shape index (κ1) is 13.0. The molecule has 1 aromatic rings. The first-order valence-corrected chi connectivity index (χ1v) is 5.75. The lowest BCUT2D eigenvalue weighted by atomic mass is 10.1. The van der Waals surface area contributed by atoms with E-state index in [9.17, 15) is 0 Å². The molecule has 2 N–H and O–H groups in total. The molecule has 0 fully saturated rings. The van der Waals surface area contributed by atoms with E-state index in [0.717, 1.165) is 30.8 Å². The zero-order chi connectivity index (χ0) is 11.8. The maximum absolute atomic E-state index is 5.66. The second kappa shape index (κ2) is 7.25. The molecule has 0 saturated carbocycles. The van der Waals surface area contributed by atoms with Gasteiger partial charge in [-0.25, -0.2) is 0 Å². The predicted octanol–water partition coefficient (Wildman–Crippen LogP) is 2.12. The Morgan fingerprint density at radius 3 is 2.75 bits per heavy atom. The number of methoxy groups -OCH3 is 1. The van der Waals surface area contributed by atoms with E-state index >= 15 is 0 Å². The number of benzene rings is 1. The van der Waals surface area contributed by atoms with Crippen molar-refractivity contribution in [1.29, 1.82) is 0 Å². The fraction of sp³-hybridized carbons (Fsp3) is 0.538. The summed E-state index contributed by atoms with van der Waals surface area (Å²) in [5.41, 5.74) is 7.87. The molecule has 1 aromatic carbocycles. The van der Waals surface area contributed by atoms with E-state index in [1.165, 1.54) is 5.56 Å². The molecule has 0 amide bonds. The number of ether oxygens (including phenoxy) is 2. The number of nitrogens with two attached hydrogens (primary N) is 1. The monoisotopic (exact) mass is 223 g/mol. The van der Waals surface area contributed by atoms with Crippen molar-refractivity contribution < 1.29 is 9.47 Å². The van der Waals surface area contributed by atoms with Crippen molar-refractivity contribution in [3.63, 3.8) is 0 Å². The zero-order valence-electron chi connectivity index (χ0n) is 10.2. The Hall–Kier alpha value is -1.06. The van der Waals surface area contributed by atoms with Gasteiger partial charge in [0.25, 0.3) is 0 Å². The van der Waals surface area contributed by atoms with Crippen molar-refractivity contribution in [3.05, 3.63) is 29.3 Å². The first-order chi connectivity index (χ1) is 7.81. The van der Waals surface area contributed by atoms with E-state index in [1.54, 1.807) is 7.11 Å². The summed E-state index contributed by atoms with van der Waals surface area (Å²) >= 11 is 0. The van der Waals surface area contributed by atoms with Gasteiger partial charge in [-0.1, -0.05) is 13.0 Å². The van der Waals surface area contributed by atoms with Gasteiger partial charge in [-0.2, -0.15) is 0 Å². The summed E-state index contributed by atoms with van der Waals surface area (Å²) in [4.78, 5) is 0. The van der Waals surface area contributed by atoms with E-state index in [1.807, 2.05) is 6.07 Å². The zero-order valence-corrected chi connectivity index (χ0v) is 10.2. The summed E-state index contributed by atoms with van der Waals surface area (Å²) < 4.78 is 10.8. The van der Waals surface area contributed by atoms with Gasteiger partial charge in [-0.3, -0.25) is 0 Å². The Morgan fingerprint density at radius 2 is 2.12 bits per heavy atom. The second-order valence-corrected chi connectivity index (χ2v) is 3.76. The highest BCUT2D eigenvalue weighted by Gasteiger charge is 2.04. The van der Waals surface area contributed by atoms with Crippen LogP contribution in [0.4, 0.5) is 0 Å². The number of rotatable bonds is 7. The third-order valence-electron chi connectivity index (χ3n) is 2.32. The van der Waals surface area contributed by atoms with Crippen LogP contribution in [0, 0.1) is 0 Å². The van der Waals surface area contributed by atoms with Crippen LogP contribution in [0.3, 0.4) is 0 Å². The summed E-state index contributed by atoms with van der Waals surface area (Å²) in [6, 6.07) is 6.19. The molecule has 0 aromatic heterocycles. The van der Waals surface area contributed by atoms with Crippen LogP contribution in [0.25, 0.3) is 0 Å². The van der Waals surface area contributed by atoms with Crippen molar-refractivity contribution in [2.45, 2.75) is 26.4 Å². The van der Waals surface area contributed by atoms with Crippen molar-refractivity contribution in [2.24, 2.45) is 5.73 Å². The fourth-order valence-electron chi connectivity index (χ4n) is 1.58. The summed E-state index contributed by atoms with van der Waals surface area (Å²) in [5.74, 6) is 0.921. The molecule has 0 aliphatic carbocycles. The third kappa shape index (κ3) is 3.83. The predicted molar refractivity (Wildman–Crippen MR) is 65.7 cm³/mol. The second-order valence-electron chi connectivity index (χ2n) is 3.76. The molecule has 0 aliphatic heterocycles. The van der Waals surface area contributed by atoms with Crippen LogP contribution in [0.1, 0.15) is 24.5 Å². The highest BCUT2D eigenvalue weighted by Crippen LogP contribution is 2.21. The molecule has 0 unspecified atom stereocenters. The molecule has 0 heterocycles. The molecular weight excluding hydrogens is 202 g/mol. The van der Waals surface area contributed by atoms with Crippen molar-refractivity contribution in [3.8, 4) is 5.75 Å². The Morgan fingerprint density at radius 1 is 1.31 bits per heavy atom. The maximum Gasteiger partial charge on any atom is 0.124 e. The lowest BCUT2D eigenvalue weighted by Crippen LogP contribution is -2.05. The quantitative estimate of drug-likeness (QED) is 0.770. The highest BCUT2D eigenvalue weighted by molar-refractivity contribution is 5.37. The molecular formula is C13H21NO2. The average molecular weight is 223 g/mol. The molecule has 0 aliphatic rings. The third-order valence-corrected chi connectivity index (χ3v) is 2.32. The Bertz CT molecular complexity index is 313. The average Bonchev–Trinajstić information content (AvgIpc) is 2.29. The van der Waals surface area contributed by atoms with Gasteiger partial charge in [-0.05, 0) is 37.1 Å². The fourth-order valence-corrected chi connectivity index (χ4v) is 1.58. The van der Waals surface area contributed by atoms with Crippen LogP contribution >= 0.6 is 0 Å². The summed E-state index contributed by atoms with van der Waals surface area (Å²) in [6.07, 6.45) is 1.90. The van der Waals surface area contributed by atoms with Crippen LogP contribution in [-0.2, 0) is 17.8 Å². The van der Waals surface area contributed by atoms with Gasteiger partial charge in [0, 0.05) is 12.7 Å². The Labute approximate surface area is 97.6 Å². The van der Waals surface area contributed by atoms with Crippen LogP contribution in [0.5, 0.6) is 5.75 Å². The minimum Gasteiger partial charge on any atom is -0.493 e. The molecule has 3 nitrogen and oxygen atoms in total. The molecule has 0 saturated heterocycles. The normalized spacial score (nSPS) is 10.4. The molecule has 3 heteroatoms. The molecule has 0 bridgehead atoms. The van der Waals surface area contributed by atoms with Crippen LogP contribution in [-0.4, -0.2) is 20.3 Å². The minimum atomic E-state index is 0.581. The first-order valence-electron chi connectivity index (χ1n) is 5.75. The molecule has 16 heavy (non-hydrogen) atoms. The minimum absolute atomic E-state index is 0.581. The number of hydrogen-bond acceptors (Lipinski definition) is 3. The lowest BCUT2D eigenvalue weighted by molar-refractivity contribution is 0.179. The van der Waals surface area contributed by atoms with E-state index in [-0.39, 0.29) is 0 Å². The van der Waals surface area contributed by atoms with E-state index in [0.29, 0.717) is 13.2 Å². The van der Waals surface area contributed by atoms with Crippen LogP contribution in [0.2, 0.25) is 0 Å². The van der Waals surface area contributed by atoms with Gasteiger partial charge < -0.3 is 15.2 Å². The van der Waals surface area contributed by atoms with Gasteiger partial charge in [0.2, 0.25) is 0 Å². The lowest BCUT2D eigenvalue weighted by Gasteiger charge is -2.12. The summed E-state index contributed by atoms with van der Waals surface area (Å²) in [5, 5.41) is 0. The molecule has 0 spiro atoms. The van der Waals surface area contributed by atoms with Crippen molar-refractivity contribution >= 4 is 0 Å². The van der Waals surface area contributed by atoms with Gasteiger partial charge in [0.05, 0.1) is 13.2 Å². The highest BCUT2D eigenvalue weighted by atomic mass is 16.5. The van der Waals surface area contributed by atoms with Crippen molar-refractivity contribution in [1.82, 2.24) is 0 Å². The largest absolute Gasteiger partial charge is 0.493 e. The Balaban J connectivity index is 2.80. The van der Waals surface area contributed by atoms with Gasteiger partial charge in [-0.15, -0.1) is 0 Å². The van der Waals surface area contributed by atoms with E-state index in [2.05, 4.69) is 19.1 Å². The van der Waals surface area contributed by atoms with Crippen LogP contribution < -0.4 is 10.5 Å². The molecule has 90 valence electrons. The molecule has 0 radical (unpaired) electrons. The van der Waals surface area contributed by atoms with Crippen molar-refractivity contribution in [2.75, 3.05) is 20.3 Å².